The molecule has 1 aliphatic rings. The molecule has 5 nitrogen and oxygen atoms in total. The Labute approximate surface area is 131 Å². The predicted octanol–water partition coefficient (Wildman–Crippen LogP) is 4.42. The van der Waals surface area contributed by atoms with Crippen molar-refractivity contribution in [3.8, 4) is 11.3 Å². The van der Waals surface area contributed by atoms with E-state index in [1.54, 1.807) is 18.2 Å². The van der Waals surface area contributed by atoms with Gasteiger partial charge in [-0.15, -0.1) is 0 Å². The normalized spacial score (nSPS) is 16.1. The Hall–Kier alpha value is -0.840. The minimum atomic E-state index is -3.04. The summed E-state index contributed by atoms with van der Waals surface area (Å²) in [4.78, 5) is 8.89. The highest BCUT2D eigenvalue weighted by Gasteiger charge is 2.33. The SMILES string of the molecule is O=[PH](O)OCc1c(-c2c(Cl)cccc2Cl)noc1C1CC1. The lowest BCUT2D eigenvalue weighted by atomic mass is 10.0. The summed E-state index contributed by atoms with van der Waals surface area (Å²) >= 11 is 12.4. The van der Waals surface area contributed by atoms with Crippen LogP contribution in [-0.4, -0.2) is 10.1 Å². The van der Waals surface area contributed by atoms with Crippen LogP contribution in [0, 0.1) is 0 Å². The first-order valence-electron chi connectivity index (χ1n) is 6.36. The van der Waals surface area contributed by atoms with Crippen LogP contribution in [0.3, 0.4) is 0 Å². The third kappa shape index (κ3) is 3.17. The molecule has 1 atom stereocenters. The molecule has 1 aliphatic carbocycles. The van der Waals surface area contributed by atoms with Crippen LogP contribution in [0.25, 0.3) is 11.3 Å². The monoisotopic (exact) mass is 347 g/mol. The van der Waals surface area contributed by atoms with Gasteiger partial charge in [-0.2, -0.15) is 0 Å². The van der Waals surface area contributed by atoms with E-state index in [-0.39, 0.29) is 12.5 Å². The number of benzene rings is 1. The number of aromatic nitrogens is 1. The molecule has 1 N–H and O–H groups in total. The molecule has 0 amide bonds. The van der Waals surface area contributed by atoms with Crippen molar-refractivity contribution in [3.63, 3.8) is 0 Å². The second-order valence-corrected chi connectivity index (χ2v) is 6.43. The fraction of sp³-hybridized carbons (Fsp3) is 0.308. The van der Waals surface area contributed by atoms with Crippen LogP contribution in [0.4, 0.5) is 0 Å². The molecule has 21 heavy (non-hydrogen) atoms. The van der Waals surface area contributed by atoms with Crippen molar-refractivity contribution in [3.05, 3.63) is 39.6 Å². The van der Waals surface area contributed by atoms with E-state index >= 15 is 0 Å². The van der Waals surface area contributed by atoms with Gasteiger partial charge in [-0.3, -0.25) is 4.57 Å². The molecule has 0 spiro atoms. The Balaban J connectivity index is 2.07. The Morgan fingerprint density at radius 2 is 2.05 bits per heavy atom. The second-order valence-electron chi connectivity index (χ2n) is 4.80. The smallest absolute Gasteiger partial charge is 0.316 e. The van der Waals surface area contributed by atoms with Crippen LogP contribution in [0.2, 0.25) is 10.0 Å². The zero-order valence-corrected chi connectivity index (χ0v) is 13.3. The van der Waals surface area contributed by atoms with E-state index in [1.807, 2.05) is 0 Å². The Kier molecular flexibility index (Phi) is 4.38. The average Bonchev–Trinajstić information content (AvgIpc) is 3.18. The standard InChI is InChI=1S/C13H12Cl2NO4P/c14-9-2-1-3-10(15)11(9)12-8(6-19-21(17)18)13(20-16-12)7-4-5-7/h1-3,7,21H,4-6H2,(H,17,18). The Morgan fingerprint density at radius 3 is 2.62 bits per heavy atom. The minimum absolute atomic E-state index is 0.0550. The second kappa shape index (κ2) is 6.11. The number of nitrogens with zero attached hydrogens (tertiary/aromatic N) is 1. The molecule has 1 unspecified atom stereocenters. The van der Waals surface area contributed by atoms with Gasteiger partial charge in [-0.25, -0.2) is 0 Å². The topological polar surface area (TPSA) is 72.6 Å². The van der Waals surface area contributed by atoms with Gasteiger partial charge in [0.1, 0.15) is 11.5 Å². The third-order valence-corrected chi connectivity index (χ3v) is 4.33. The zero-order valence-electron chi connectivity index (χ0n) is 10.8. The fourth-order valence-corrected chi connectivity index (χ4v) is 3.03. The molecule has 1 aromatic carbocycles. The van der Waals surface area contributed by atoms with Crippen molar-refractivity contribution in [1.82, 2.24) is 5.16 Å². The van der Waals surface area contributed by atoms with Crippen LogP contribution in [0.15, 0.2) is 22.7 Å². The molecular weight excluding hydrogens is 336 g/mol. The average molecular weight is 348 g/mol. The van der Waals surface area contributed by atoms with Gasteiger partial charge in [0.05, 0.1) is 16.7 Å². The molecule has 1 fully saturated rings. The lowest BCUT2D eigenvalue weighted by Gasteiger charge is -2.07. The van der Waals surface area contributed by atoms with Crippen LogP contribution in [-0.2, 0) is 15.7 Å². The van der Waals surface area contributed by atoms with Gasteiger partial charge in [0.25, 0.3) is 0 Å². The molecule has 8 heteroatoms. The van der Waals surface area contributed by atoms with Gasteiger partial charge < -0.3 is 13.9 Å². The van der Waals surface area contributed by atoms with Crippen LogP contribution < -0.4 is 0 Å². The lowest BCUT2D eigenvalue weighted by molar-refractivity contribution is 0.269. The molecule has 2 aromatic rings. The van der Waals surface area contributed by atoms with Crippen molar-refractivity contribution in [2.24, 2.45) is 0 Å². The molecule has 3 rings (SSSR count). The minimum Gasteiger partial charge on any atom is -0.360 e. The molecule has 1 saturated carbocycles. The lowest BCUT2D eigenvalue weighted by Crippen LogP contribution is -1.93. The van der Waals surface area contributed by atoms with E-state index in [0.29, 0.717) is 32.6 Å². The number of hydrogen-bond donors (Lipinski definition) is 1. The summed E-state index contributed by atoms with van der Waals surface area (Å²) in [6.45, 7) is -0.0550. The summed E-state index contributed by atoms with van der Waals surface area (Å²) in [5.74, 6) is 0.969. The summed E-state index contributed by atoms with van der Waals surface area (Å²) in [6, 6.07) is 5.14. The Bertz CT molecular complexity index is 679. The van der Waals surface area contributed by atoms with Gasteiger partial charge in [0, 0.05) is 17.0 Å². The number of rotatable bonds is 5. The maximum atomic E-state index is 10.8. The first kappa shape index (κ1) is 15.1. The zero-order chi connectivity index (χ0) is 15.0. The van der Waals surface area contributed by atoms with E-state index in [0.717, 1.165) is 12.8 Å². The number of halogens is 2. The van der Waals surface area contributed by atoms with Crippen molar-refractivity contribution in [1.29, 1.82) is 0 Å². The molecule has 0 bridgehead atoms. The first-order chi connectivity index (χ1) is 10.1. The van der Waals surface area contributed by atoms with Gasteiger partial charge >= 0.3 is 8.25 Å². The van der Waals surface area contributed by atoms with Gasteiger partial charge in [-0.1, -0.05) is 34.4 Å². The van der Waals surface area contributed by atoms with Crippen molar-refractivity contribution < 1.29 is 18.5 Å². The summed E-state index contributed by atoms with van der Waals surface area (Å²) in [6.07, 6.45) is 2.01. The summed E-state index contributed by atoms with van der Waals surface area (Å²) < 4.78 is 21.1. The van der Waals surface area contributed by atoms with Crippen molar-refractivity contribution in [2.75, 3.05) is 0 Å². The number of hydrogen-bond acceptors (Lipinski definition) is 4. The van der Waals surface area contributed by atoms with Crippen LogP contribution in [0.5, 0.6) is 0 Å². The van der Waals surface area contributed by atoms with Crippen molar-refractivity contribution in [2.45, 2.75) is 25.4 Å². The van der Waals surface area contributed by atoms with Gasteiger partial charge in [0.15, 0.2) is 0 Å². The Morgan fingerprint density at radius 1 is 1.38 bits per heavy atom. The van der Waals surface area contributed by atoms with Crippen LogP contribution in [0.1, 0.15) is 30.1 Å². The molecule has 0 aliphatic heterocycles. The molecule has 0 radical (unpaired) electrons. The van der Waals surface area contributed by atoms with Crippen molar-refractivity contribution >= 4 is 31.5 Å². The summed E-state index contributed by atoms with van der Waals surface area (Å²) in [7, 11) is -3.04. The molecular formula is C13H12Cl2NO4P. The van der Waals surface area contributed by atoms with Crippen LogP contribution >= 0.6 is 31.5 Å². The molecule has 0 saturated heterocycles. The first-order valence-corrected chi connectivity index (χ1v) is 8.38. The van der Waals surface area contributed by atoms with Gasteiger partial charge in [-0.05, 0) is 25.0 Å². The highest BCUT2D eigenvalue weighted by Crippen LogP contribution is 2.46. The molecule has 112 valence electrons. The summed E-state index contributed by atoms with van der Waals surface area (Å²) in [5, 5.41) is 4.93. The van der Waals surface area contributed by atoms with E-state index < -0.39 is 8.25 Å². The maximum Gasteiger partial charge on any atom is 0.316 e. The summed E-state index contributed by atoms with van der Waals surface area (Å²) in [5.41, 5.74) is 1.66. The predicted molar refractivity (Wildman–Crippen MR) is 79.9 cm³/mol. The molecule has 1 aromatic heterocycles. The fourth-order valence-electron chi connectivity index (χ4n) is 2.18. The quantitative estimate of drug-likeness (QED) is 0.810. The van der Waals surface area contributed by atoms with E-state index in [4.69, 9.17) is 37.1 Å². The highest BCUT2D eigenvalue weighted by molar-refractivity contribution is 7.32. The highest BCUT2D eigenvalue weighted by atomic mass is 35.5. The van der Waals surface area contributed by atoms with Gasteiger partial charge in [0.2, 0.25) is 0 Å². The third-order valence-electron chi connectivity index (χ3n) is 3.31. The van der Waals surface area contributed by atoms with E-state index in [2.05, 4.69) is 5.16 Å². The van der Waals surface area contributed by atoms with E-state index in [1.165, 1.54) is 0 Å². The van der Waals surface area contributed by atoms with E-state index in [9.17, 15) is 4.57 Å². The molecule has 1 heterocycles. The maximum absolute atomic E-state index is 10.8. The largest absolute Gasteiger partial charge is 0.360 e.